The molecule has 5 nitrogen and oxygen atoms in total. The van der Waals surface area contributed by atoms with E-state index in [9.17, 15) is 14.1 Å². The van der Waals surface area contributed by atoms with E-state index >= 15 is 0 Å². The van der Waals surface area contributed by atoms with Crippen molar-refractivity contribution >= 4 is 22.6 Å². The molecular weight excluding hydrogens is 206 g/mol. The van der Waals surface area contributed by atoms with Crippen molar-refractivity contribution < 1.29 is 19.2 Å². The van der Waals surface area contributed by atoms with Crippen LogP contribution in [0.15, 0.2) is 18.2 Å². The van der Waals surface area contributed by atoms with Crippen LogP contribution in [-0.4, -0.2) is 26.6 Å². The van der Waals surface area contributed by atoms with Gasteiger partial charge in [-0.05, 0) is 12.1 Å². The van der Waals surface area contributed by atoms with E-state index in [0.717, 1.165) is 0 Å². The van der Waals surface area contributed by atoms with E-state index in [1.54, 1.807) is 0 Å². The van der Waals surface area contributed by atoms with E-state index in [4.69, 9.17) is 5.11 Å². The fraction of sp³-hybridized carbons (Fsp3) is 0.125. The van der Waals surface area contributed by atoms with Gasteiger partial charge in [0, 0.05) is 18.0 Å². The van der Waals surface area contributed by atoms with Crippen LogP contribution in [0.5, 0.6) is 5.75 Å². The lowest BCUT2D eigenvalue weighted by atomic mass is 10.2. The molecule has 1 aromatic carbocycles. The predicted octanol–water partition coefficient (Wildman–Crippen LogP) is 0.796. The molecule has 0 aromatic heterocycles. The normalized spacial score (nSPS) is 12.1. The van der Waals surface area contributed by atoms with Crippen LogP contribution in [-0.2, 0) is 11.0 Å². The molecule has 1 rings (SSSR count). The maximum absolute atomic E-state index is 10.7. The highest BCUT2D eigenvalue weighted by molar-refractivity contribution is 7.85. The zero-order chi connectivity index (χ0) is 10.7. The number of carboxylic acids is 1. The number of hydrogen-bond donors (Lipinski definition) is 3. The topological polar surface area (TPSA) is 86.6 Å². The molecule has 0 saturated carbocycles. The minimum Gasteiger partial charge on any atom is -0.507 e. The Bertz CT molecular complexity index is 391. The molecule has 14 heavy (non-hydrogen) atoms. The third kappa shape index (κ3) is 2.46. The van der Waals surface area contributed by atoms with Gasteiger partial charge in [0.25, 0.3) is 0 Å². The van der Waals surface area contributed by atoms with Gasteiger partial charge in [-0.3, -0.25) is 0 Å². The molecule has 1 unspecified atom stereocenters. The maximum atomic E-state index is 10.7. The van der Waals surface area contributed by atoms with Crippen molar-refractivity contribution in [3.05, 3.63) is 23.8 Å². The van der Waals surface area contributed by atoms with E-state index in [0.29, 0.717) is 5.69 Å². The molecule has 6 heteroatoms. The van der Waals surface area contributed by atoms with E-state index in [2.05, 4.69) is 4.72 Å². The number of rotatable bonds is 3. The van der Waals surface area contributed by atoms with Gasteiger partial charge in [0.1, 0.15) is 22.3 Å². The van der Waals surface area contributed by atoms with Crippen LogP contribution in [0.25, 0.3) is 0 Å². The van der Waals surface area contributed by atoms with Crippen LogP contribution >= 0.6 is 0 Å². The zero-order valence-electron chi connectivity index (χ0n) is 7.35. The van der Waals surface area contributed by atoms with Gasteiger partial charge < -0.3 is 14.9 Å². The standard InChI is InChI=1S/C8H9NO4S/c1-14(13)9-5-2-3-6(8(11)12)7(10)4-5/h2-4,9-10H,1H3,(H,11,12). The Labute approximate surface area is 83.0 Å². The highest BCUT2D eigenvalue weighted by atomic mass is 32.2. The molecule has 0 aliphatic rings. The van der Waals surface area contributed by atoms with Crippen molar-refractivity contribution in [2.24, 2.45) is 0 Å². The minimum absolute atomic E-state index is 0.183. The Morgan fingerprint density at radius 3 is 2.57 bits per heavy atom. The van der Waals surface area contributed by atoms with Gasteiger partial charge in [-0.25, -0.2) is 9.00 Å². The fourth-order valence-electron chi connectivity index (χ4n) is 0.942. The Hall–Kier alpha value is -1.56. The Morgan fingerprint density at radius 2 is 2.14 bits per heavy atom. The summed E-state index contributed by atoms with van der Waals surface area (Å²) < 4.78 is 13.3. The van der Waals surface area contributed by atoms with Crippen LogP contribution in [0, 0.1) is 0 Å². The van der Waals surface area contributed by atoms with Crippen LogP contribution in [0.3, 0.4) is 0 Å². The Balaban J connectivity index is 3.00. The molecule has 1 aromatic rings. The molecule has 0 saturated heterocycles. The van der Waals surface area contributed by atoms with Crippen LogP contribution in [0.4, 0.5) is 5.69 Å². The van der Waals surface area contributed by atoms with E-state index in [1.807, 2.05) is 0 Å². The first-order chi connectivity index (χ1) is 6.50. The maximum Gasteiger partial charge on any atom is 0.339 e. The molecule has 1 atom stereocenters. The van der Waals surface area contributed by atoms with Crippen LogP contribution < -0.4 is 4.72 Å². The summed E-state index contributed by atoms with van der Waals surface area (Å²) in [6, 6.07) is 3.89. The summed E-state index contributed by atoms with van der Waals surface area (Å²) in [6.07, 6.45) is 1.43. The van der Waals surface area contributed by atoms with E-state index in [1.165, 1.54) is 24.5 Å². The first-order valence-electron chi connectivity index (χ1n) is 3.67. The van der Waals surface area contributed by atoms with Crippen molar-refractivity contribution in [1.82, 2.24) is 0 Å². The molecule has 0 fully saturated rings. The summed E-state index contributed by atoms with van der Waals surface area (Å²) in [5.74, 6) is -1.56. The average Bonchev–Trinajstić information content (AvgIpc) is 2.01. The van der Waals surface area contributed by atoms with Gasteiger partial charge >= 0.3 is 5.97 Å². The first-order valence-corrected chi connectivity index (χ1v) is 5.23. The Morgan fingerprint density at radius 1 is 1.50 bits per heavy atom. The highest BCUT2D eigenvalue weighted by Crippen LogP contribution is 2.21. The highest BCUT2D eigenvalue weighted by Gasteiger charge is 2.09. The summed E-state index contributed by atoms with van der Waals surface area (Å²) in [4.78, 5) is 10.5. The molecule has 0 amide bonds. The molecular formula is C8H9NO4S. The van der Waals surface area contributed by atoms with Crippen LogP contribution in [0.2, 0.25) is 0 Å². The molecule has 0 bridgehead atoms. The van der Waals surface area contributed by atoms with E-state index in [-0.39, 0.29) is 11.3 Å². The van der Waals surface area contributed by atoms with Crippen molar-refractivity contribution in [1.29, 1.82) is 0 Å². The van der Waals surface area contributed by atoms with Gasteiger partial charge in [-0.2, -0.15) is 0 Å². The number of hydrogen-bond acceptors (Lipinski definition) is 3. The second-order valence-corrected chi connectivity index (χ2v) is 3.71. The lowest BCUT2D eigenvalue weighted by molar-refractivity contribution is 0.0694. The molecule has 0 spiro atoms. The van der Waals surface area contributed by atoms with Gasteiger partial charge in [0.05, 0.1) is 0 Å². The summed E-state index contributed by atoms with van der Waals surface area (Å²) in [7, 11) is -1.25. The largest absolute Gasteiger partial charge is 0.507 e. The van der Waals surface area contributed by atoms with Crippen molar-refractivity contribution in [2.45, 2.75) is 0 Å². The van der Waals surface area contributed by atoms with Gasteiger partial charge in [-0.15, -0.1) is 0 Å². The number of aromatic hydroxyl groups is 1. The molecule has 0 radical (unpaired) electrons. The smallest absolute Gasteiger partial charge is 0.339 e. The quantitative estimate of drug-likeness (QED) is 0.695. The monoisotopic (exact) mass is 215 g/mol. The lowest BCUT2D eigenvalue weighted by Crippen LogP contribution is -2.02. The van der Waals surface area contributed by atoms with Gasteiger partial charge in [-0.1, -0.05) is 0 Å². The molecule has 76 valence electrons. The molecule has 3 N–H and O–H groups in total. The third-order valence-corrected chi connectivity index (χ3v) is 2.01. The Kier molecular flexibility index (Phi) is 3.08. The lowest BCUT2D eigenvalue weighted by Gasteiger charge is -2.04. The number of aromatic carboxylic acids is 1. The first kappa shape index (κ1) is 10.5. The van der Waals surface area contributed by atoms with Crippen molar-refractivity contribution in [3.63, 3.8) is 0 Å². The average molecular weight is 215 g/mol. The summed E-state index contributed by atoms with van der Waals surface area (Å²) >= 11 is 0. The second kappa shape index (κ2) is 4.10. The second-order valence-electron chi connectivity index (χ2n) is 2.59. The number of anilines is 1. The molecule has 0 heterocycles. The minimum atomic E-state index is -1.25. The number of nitrogens with one attached hydrogen (secondary N) is 1. The summed E-state index contributed by atoms with van der Waals surface area (Å²) in [6.45, 7) is 0. The summed E-state index contributed by atoms with van der Waals surface area (Å²) in [5.41, 5.74) is 0.228. The SMILES string of the molecule is CS(=O)Nc1ccc(C(=O)O)c(O)c1. The number of benzene rings is 1. The number of phenols is 1. The van der Waals surface area contributed by atoms with Crippen molar-refractivity contribution in [3.8, 4) is 5.75 Å². The molecule has 0 aliphatic carbocycles. The summed E-state index contributed by atoms with van der Waals surface area (Å²) in [5, 5.41) is 17.9. The predicted molar refractivity (Wildman–Crippen MR) is 52.8 cm³/mol. The van der Waals surface area contributed by atoms with Gasteiger partial charge in [0.2, 0.25) is 0 Å². The van der Waals surface area contributed by atoms with E-state index < -0.39 is 17.0 Å². The van der Waals surface area contributed by atoms with Gasteiger partial charge in [0.15, 0.2) is 0 Å². The van der Waals surface area contributed by atoms with Crippen molar-refractivity contribution in [2.75, 3.05) is 11.0 Å². The molecule has 0 aliphatic heterocycles. The number of carboxylic acid groups (broad SMARTS) is 1. The zero-order valence-corrected chi connectivity index (χ0v) is 8.17. The fourth-order valence-corrected chi connectivity index (χ4v) is 1.40. The van der Waals surface area contributed by atoms with Crippen LogP contribution in [0.1, 0.15) is 10.4 Å². The number of carbonyl (C=O) groups is 1. The third-order valence-electron chi connectivity index (χ3n) is 1.49.